The molecule has 4 amide bonds. The first kappa shape index (κ1) is 20.2. The first-order chi connectivity index (χ1) is 14.1. The van der Waals surface area contributed by atoms with E-state index in [-0.39, 0.29) is 5.69 Å². The lowest BCUT2D eigenvalue weighted by atomic mass is 9.92. The molecule has 1 saturated heterocycles. The lowest BCUT2D eigenvalue weighted by Gasteiger charge is -2.22. The van der Waals surface area contributed by atoms with Crippen LogP contribution in [-0.2, 0) is 27.7 Å². The molecule has 1 aliphatic heterocycles. The largest absolute Gasteiger partial charge is 0.417 e. The number of fused-ring (bicyclic) bond motifs is 2. The highest BCUT2D eigenvalue weighted by Gasteiger charge is 2.55. The Morgan fingerprint density at radius 1 is 1.20 bits per heavy atom. The molecule has 1 heterocycles. The van der Waals surface area contributed by atoms with E-state index in [2.05, 4.69) is 10.6 Å². The highest BCUT2D eigenvalue weighted by atomic mass is 35.5. The van der Waals surface area contributed by atoms with E-state index in [1.807, 2.05) is 12.1 Å². The summed E-state index contributed by atoms with van der Waals surface area (Å²) in [6.45, 7) is -0.626. The van der Waals surface area contributed by atoms with Crippen LogP contribution in [0.5, 0.6) is 0 Å². The molecule has 2 aliphatic rings. The Bertz CT molecular complexity index is 1070. The number of rotatable bonds is 3. The first-order valence-electron chi connectivity index (χ1n) is 9.01. The van der Waals surface area contributed by atoms with Crippen LogP contribution in [0.2, 0.25) is 5.02 Å². The average Bonchev–Trinajstić information content (AvgIpc) is 3.16. The highest BCUT2D eigenvalue weighted by molar-refractivity contribution is 6.31. The predicted molar refractivity (Wildman–Crippen MR) is 102 cm³/mol. The zero-order chi connectivity index (χ0) is 21.7. The van der Waals surface area contributed by atoms with Crippen molar-refractivity contribution in [2.24, 2.45) is 0 Å². The fraction of sp³-hybridized carbons (Fsp3) is 0.250. The lowest BCUT2D eigenvalue weighted by molar-refractivity contribution is -0.137. The molecule has 4 rings (SSSR count). The number of carbonyl (C=O) groups is 3. The standard InChI is InChI=1S/C20H15ClF3N3O3/c21-15-6-5-12(9-14(15)20(22,23)24)25-16(28)10-27-17(29)19(26-18(27)30)8-7-11-3-1-2-4-13(11)19/h1-6,9H,7-8,10H2,(H,25,28)(H,26,30). The number of benzene rings is 2. The molecular weight excluding hydrogens is 423 g/mol. The van der Waals surface area contributed by atoms with Gasteiger partial charge < -0.3 is 10.6 Å². The average molecular weight is 438 g/mol. The number of hydrogen-bond donors (Lipinski definition) is 2. The van der Waals surface area contributed by atoms with Crippen LogP contribution in [0.4, 0.5) is 23.7 Å². The van der Waals surface area contributed by atoms with Crippen molar-refractivity contribution in [3.63, 3.8) is 0 Å². The summed E-state index contributed by atoms with van der Waals surface area (Å²) in [5, 5.41) is 4.46. The number of halogens is 4. The summed E-state index contributed by atoms with van der Waals surface area (Å²) >= 11 is 5.57. The summed E-state index contributed by atoms with van der Waals surface area (Å²) in [5.41, 5.74) is -0.822. The van der Waals surface area contributed by atoms with Gasteiger partial charge in [-0.15, -0.1) is 0 Å². The monoisotopic (exact) mass is 437 g/mol. The number of carbonyl (C=O) groups excluding carboxylic acids is 3. The second kappa shape index (κ2) is 7.02. The summed E-state index contributed by atoms with van der Waals surface area (Å²) in [6.07, 6.45) is -3.71. The molecule has 1 fully saturated rings. The minimum absolute atomic E-state index is 0.148. The quantitative estimate of drug-likeness (QED) is 0.719. The van der Waals surface area contributed by atoms with Crippen LogP contribution in [0.25, 0.3) is 0 Å². The third kappa shape index (κ3) is 3.28. The molecule has 0 bridgehead atoms. The van der Waals surface area contributed by atoms with Crippen molar-refractivity contribution in [1.82, 2.24) is 10.2 Å². The predicted octanol–water partition coefficient (Wildman–Crippen LogP) is 3.69. The number of anilines is 1. The van der Waals surface area contributed by atoms with Gasteiger partial charge in [0.1, 0.15) is 12.1 Å². The minimum Gasteiger partial charge on any atom is -0.325 e. The van der Waals surface area contributed by atoms with Crippen molar-refractivity contribution in [1.29, 1.82) is 0 Å². The molecular formula is C20H15ClF3N3O3. The number of imide groups is 1. The van der Waals surface area contributed by atoms with Crippen LogP contribution in [0.1, 0.15) is 23.1 Å². The van der Waals surface area contributed by atoms with Gasteiger partial charge in [0.15, 0.2) is 0 Å². The maximum absolute atomic E-state index is 13.0. The normalized spacial score (nSPS) is 20.5. The molecule has 2 aromatic rings. The third-order valence-corrected chi connectivity index (χ3v) is 5.61. The van der Waals surface area contributed by atoms with Crippen molar-refractivity contribution >= 4 is 35.1 Å². The number of nitrogens with zero attached hydrogens (tertiary/aromatic N) is 1. The summed E-state index contributed by atoms with van der Waals surface area (Å²) in [4.78, 5) is 38.6. The van der Waals surface area contributed by atoms with Crippen molar-refractivity contribution in [3.05, 3.63) is 64.2 Å². The molecule has 156 valence electrons. The number of aryl methyl sites for hydroxylation is 1. The van der Waals surface area contributed by atoms with Crippen molar-refractivity contribution in [3.8, 4) is 0 Å². The van der Waals surface area contributed by atoms with Crippen LogP contribution >= 0.6 is 11.6 Å². The van der Waals surface area contributed by atoms with E-state index in [0.717, 1.165) is 16.5 Å². The zero-order valence-electron chi connectivity index (χ0n) is 15.3. The molecule has 6 nitrogen and oxygen atoms in total. The third-order valence-electron chi connectivity index (χ3n) is 5.28. The summed E-state index contributed by atoms with van der Waals surface area (Å²) in [7, 11) is 0. The highest BCUT2D eigenvalue weighted by Crippen LogP contribution is 2.41. The minimum atomic E-state index is -4.69. The van der Waals surface area contributed by atoms with Crippen molar-refractivity contribution in [2.45, 2.75) is 24.6 Å². The van der Waals surface area contributed by atoms with Gasteiger partial charge in [-0.1, -0.05) is 35.9 Å². The van der Waals surface area contributed by atoms with Crippen LogP contribution in [0, 0.1) is 0 Å². The Labute approximate surface area is 174 Å². The number of amides is 4. The summed E-state index contributed by atoms with van der Waals surface area (Å²) < 4.78 is 39.0. The summed E-state index contributed by atoms with van der Waals surface area (Å²) in [5.74, 6) is -1.36. The van der Waals surface area contributed by atoms with Crippen LogP contribution in [0.15, 0.2) is 42.5 Å². The molecule has 1 aliphatic carbocycles. The van der Waals surface area contributed by atoms with Crippen LogP contribution < -0.4 is 10.6 Å². The van der Waals surface area contributed by atoms with Crippen molar-refractivity contribution in [2.75, 3.05) is 11.9 Å². The SMILES string of the molecule is O=C(CN1C(=O)NC2(CCc3ccccc32)C1=O)Nc1ccc(Cl)c(C(F)(F)F)c1. The van der Waals surface area contributed by atoms with Gasteiger partial charge in [0, 0.05) is 5.69 Å². The van der Waals surface area contributed by atoms with Crippen molar-refractivity contribution < 1.29 is 27.6 Å². The van der Waals surface area contributed by atoms with Crippen LogP contribution in [-0.4, -0.2) is 29.3 Å². The molecule has 0 saturated carbocycles. The maximum atomic E-state index is 13.0. The topological polar surface area (TPSA) is 78.5 Å². The molecule has 30 heavy (non-hydrogen) atoms. The van der Waals surface area contributed by atoms with E-state index < -0.39 is 46.7 Å². The maximum Gasteiger partial charge on any atom is 0.417 e. The van der Waals surface area contributed by atoms with Gasteiger partial charge in [-0.3, -0.25) is 14.5 Å². The Morgan fingerprint density at radius 2 is 1.93 bits per heavy atom. The number of urea groups is 1. The Morgan fingerprint density at radius 3 is 2.67 bits per heavy atom. The molecule has 10 heteroatoms. The van der Waals surface area contributed by atoms with E-state index >= 15 is 0 Å². The molecule has 1 unspecified atom stereocenters. The van der Waals surface area contributed by atoms with Gasteiger partial charge >= 0.3 is 12.2 Å². The molecule has 0 radical (unpaired) electrons. The number of alkyl halides is 3. The number of hydrogen-bond acceptors (Lipinski definition) is 3. The first-order valence-corrected chi connectivity index (χ1v) is 9.39. The van der Waals surface area contributed by atoms with E-state index in [0.29, 0.717) is 24.5 Å². The molecule has 1 spiro atoms. The smallest absolute Gasteiger partial charge is 0.325 e. The summed E-state index contributed by atoms with van der Waals surface area (Å²) in [6, 6.07) is 9.42. The van der Waals surface area contributed by atoms with E-state index in [1.54, 1.807) is 12.1 Å². The second-order valence-corrected chi connectivity index (χ2v) is 7.53. The lowest BCUT2D eigenvalue weighted by Crippen LogP contribution is -2.43. The van der Waals surface area contributed by atoms with Gasteiger partial charge in [-0.2, -0.15) is 13.2 Å². The van der Waals surface area contributed by atoms with Crippen LogP contribution in [0.3, 0.4) is 0 Å². The Hall–Kier alpha value is -3.07. The van der Waals surface area contributed by atoms with Gasteiger partial charge in [0.05, 0.1) is 10.6 Å². The van der Waals surface area contributed by atoms with Gasteiger partial charge in [0.2, 0.25) is 5.91 Å². The van der Waals surface area contributed by atoms with E-state index in [4.69, 9.17) is 11.6 Å². The second-order valence-electron chi connectivity index (χ2n) is 7.12. The molecule has 2 aromatic carbocycles. The molecule has 2 N–H and O–H groups in total. The van der Waals surface area contributed by atoms with E-state index in [9.17, 15) is 27.6 Å². The number of nitrogens with one attached hydrogen (secondary N) is 2. The Balaban J connectivity index is 1.51. The fourth-order valence-electron chi connectivity index (χ4n) is 3.90. The van der Waals surface area contributed by atoms with Gasteiger partial charge in [-0.25, -0.2) is 4.79 Å². The van der Waals surface area contributed by atoms with Gasteiger partial charge in [0.25, 0.3) is 5.91 Å². The molecule has 1 atom stereocenters. The zero-order valence-corrected chi connectivity index (χ0v) is 16.1. The van der Waals surface area contributed by atoms with Gasteiger partial charge in [-0.05, 0) is 42.2 Å². The molecule has 0 aromatic heterocycles. The Kier molecular flexibility index (Phi) is 4.73. The fourth-order valence-corrected chi connectivity index (χ4v) is 4.12. The van der Waals surface area contributed by atoms with E-state index in [1.165, 1.54) is 6.07 Å².